The average Bonchev–Trinajstić information content (AvgIpc) is 3.98. The number of alkyl halides is 11. The molecule has 15 heteroatoms. The molecule has 0 aliphatic heterocycles. The highest BCUT2D eigenvalue weighted by Crippen LogP contribution is 2.43. The van der Waals surface area contributed by atoms with Crippen molar-refractivity contribution in [3.8, 4) is 0 Å². The van der Waals surface area contributed by atoms with Gasteiger partial charge in [-0.3, -0.25) is 9.59 Å². The summed E-state index contributed by atoms with van der Waals surface area (Å²) in [5, 5.41) is 5.25. The van der Waals surface area contributed by atoms with Gasteiger partial charge in [0.25, 0.3) is 5.92 Å². The maximum Gasteiger partial charge on any atom is 0.416 e. The van der Waals surface area contributed by atoms with Crippen molar-refractivity contribution in [3.05, 3.63) is 123 Å². The van der Waals surface area contributed by atoms with E-state index in [0.717, 1.165) is 95.6 Å². The predicted molar refractivity (Wildman–Crippen MR) is 244 cm³/mol. The molecule has 3 aromatic carbocycles. The summed E-state index contributed by atoms with van der Waals surface area (Å²) >= 11 is 0. The van der Waals surface area contributed by atoms with Crippen LogP contribution in [0.25, 0.3) is 6.08 Å². The SMILES string of the molecule is CC(F)(F)c1cc(CNC(=O)[C@H]2CC[C@@H](CC3CCC(=Cc4ccccc4)CC3)C2)cc(C(F)(F)F)c1.CC=C1CCC(C[C@@H]2CC[C@H](C(=O)NCc3cc(C(F)(F)F)cc(C(F)(F)F)c3)C2)CC1. The number of hydrogen-bond acceptors (Lipinski definition) is 2. The lowest BCUT2D eigenvalue weighted by Crippen LogP contribution is -2.29. The molecule has 0 aromatic heterocycles. The number of allylic oxidation sites excluding steroid dienone is 3. The molecule has 2 amide bonds. The van der Waals surface area contributed by atoms with Crippen LogP contribution >= 0.6 is 0 Å². The van der Waals surface area contributed by atoms with Crippen molar-refractivity contribution in [2.45, 2.75) is 154 Å². The van der Waals surface area contributed by atoms with E-state index in [0.29, 0.717) is 55.2 Å². The molecule has 4 fully saturated rings. The molecule has 0 spiro atoms. The van der Waals surface area contributed by atoms with Crippen LogP contribution in [-0.4, -0.2) is 11.8 Å². The molecule has 3 aromatic rings. The zero-order valence-corrected chi connectivity index (χ0v) is 39.2. The number of nitrogens with one attached hydrogen (secondary N) is 2. The van der Waals surface area contributed by atoms with Crippen LogP contribution in [-0.2, 0) is 47.1 Å². The van der Waals surface area contributed by atoms with Gasteiger partial charge in [0, 0.05) is 37.4 Å². The van der Waals surface area contributed by atoms with Crippen LogP contribution < -0.4 is 10.6 Å². The Bertz CT molecular complexity index is 2170. The van der Waals surface area contributed by atoms with E-state index in [1.807, 2.05) is 18.2 Å². The van der Waals surface area contributed by atoms with Gasteiger partial charge in [-0.15, -0.1) is 0 Å². The van der Waals surface area contributed by atoms with Gasteiger partial charge < -0.3 is 10.6 Å². The van der Waals surface area contributed by atoms with Gasteiger partial charge in [-0.05, 0) is 186 Å². The summed E-state index contributed by atoms with van der Waals surface area (Å²) in [4.78, 5) is 25.3. The van der Waals surface area contributed by atoms with Crippen LogP contribution in [0.5, 0.6) is 0 Å². The molecule has 4 atom stereocenters. The third-order valence-electron chi connectivity index (χ3n) is 14.6. The monoisotopic (exact) mass is 980 g/mol. The lowest BCUT2D eigenvalue weighted by molar-refractivity contribution is -0.143. The van der Waals surface area contributed by atoms with Gasteiger partial charge in [0.1, 0.15) is 0 Å². The molecule has 4 saturated carbocycles. The van der Waals surface area contributed by atoms with Gasteiger partial charge in [0.2, 0.25) is 11.8 Å². The third-order valence-corrected chi connectivity index (χ3v) is 14.6. The smallest absolute Gasteiger partial charge is 0.352 e. The van der Waals surface area contributed by atoms with Gasteiger partial charge in [-0.1, -0.05) is 53.6 Å². The van der Waals surface area contributed by atoms with Crippen molar-refractivity contribution in [3.63, 3.8) is 0 Å². The molecule has 378 valence electrons. The van der Waals surface area contributed by atoms with Crippen LogP contribution in [0.1, 0.15) is 156 Å². The summed E-state index contributed by atoms with van der Waals surface area (Å²) in [6.45, 7) is 2.07. The first kappa shape index (κ1) is 53.7. The second kappa shape index (κ2) is 23.0. The van der Waals surface area contributed by atoms with Crippen molar-refractivity contribution in [1.29, 1.82) is 0 Å². The van der Waals surface area contributed by atoms with E-state index in [2.05, 4.69) is 41.8 Å². The summed E-state index contributed by atoms with van der Waals surface area (Å²) in [6, 6.07) is 14.1. The van der Waals surface area contributed by atoms with Crippen LogP contribution in [0.4, 0.5) is 48.3 Å². The summed E-state index contributed by atoms with van der Waals surface area (Å²) in [5.41, 5.74) is -0.527. The first-order chi connectivity index (χ1) is 32.4. The van der Waals surface area contributed by atoms with Crippen LogP contribution in [0.15, 0.2) is 84.0 Å². The highest BCUT2D eigenvalue weighted by molar-refractivity contribution is 5.79. The Morgan fingerprint density at radius 3 is 1.30 bits per heavy atom. The molecule has 69 heavy (non-hydrogen) atoms. The van der Waals surface area contributed by atoms with Crippen molar-refractivity contribution < 1.29 is 57.9 Å². The number of benzene rings is 3. The van der Waals surface area contributed by atoms with Crippen molar-refractivity contribution in [2.24, 2.45) is 35.5 Å². The Kier molecular flexibility index (Phi) is 17.9. The zero-order chi connectivity index (χ0) is 50.1. The zero-order valence-electron chi connectivity index (χ0n) is 39.2. The van der Waals surface area contributed by atoms with Crippen LogP contribution in [0, 0.1) is 35.5 Å². The number of carbonyl (C=O) groups excluding carboxylic acids is 2. The topological polar surface area (TPSA) is 58.2 Å². The average molecular weight is 981 g/mol. The molecule has 0 unspecified atom stereocenters. The summed E-state index contributed by atoms with van der Waals surface area (Å²) in [5.74, 6) is -2.08. The van der Waals surface area contributed by atoms with Gasteiger partial charge in [0.15, 0.2) is 0 Å². The molecular weight excluding hydrogens is 918 g/mol. The van der Waals surface area contributed by atoms with E-state index in [4.69, 9.17) is 0 Å². The molecule has 0 radical (unpaired) electrons. The summed E-state index contributed by atoms with van der Waals surface area (Å²) in [7, 11) is 0. The fourth-order valence-corrected chi connectivity index (χ4v) is 10.8. The maximum absolute atomic E-state index is 13.7. The standard InChI is InChI=1S/C30H34F5NO.C24H29F6NO/c1-29(31,32)26-16-24(17-27(18-26)30(33,34)35)19-36-28(37)25-12-11-23(15-25)14-22-9-7-21(8-10-22)13-20-5-3-2-4-6-20;1-2-15-3-5-16(6-4-15)9-17-7-8-19(10-17)22(32)31-14-18-11-20(23(25,26)27)13-21(12-18)24(28,29)30/h2-6,13,16-18,22-23,25H,7-12,14-15,19H2,1H3,(H,36,37);2,11-13,16-17,19H,3-10,14H2,1H3,(H,31,32)/t22?,23-,25-;16?,17-,19-/m00/s1. The van der Waals surface area contributed by atoms with E-state index >= 15 is 0 Å². The quantitative estimate of drug-likeness (QED) is 0.140. The number of rotatable bonds is 12. The van der Waals surface area contributed by atoms with Gasteiger partial charge in [-0.2, -0.15) is 39.5 Å². The predicted octanol–water partition coefficient (Wildman–Crippen LogP) is 15.8. The maximum atomic E-state index is 13.7. The fourth-order valence-electron chi connectivity index (χ4n) is 10.8. The van der Waals surface area contributed by atoms with E-state index in [1.165, 1.54) is 29.6 Å². The number of carbonyl (C=O) groups is 2. The first-order valence-corrected chi connectivity index (χ1v) is 24.2. The molecule has 4 aliphatic rings. The van der Waals surface area contributed by atoms with E-state index < -0.39 is 46.7 Å². The highest BCUT2D eigenvalue weighted by atomic mass is 19.4. The van der Waals surface area contributed by atoms with Crippen LogP contribution in [0.2, 0.25) is 0 Å². The van der Waals surface area contributed by atoms with E-state index in [9.17, 15) is 57.9 Å². The van der Waals surface area contributed by atoms with Crippen molar-refractivity contribution >= 4 is 17.9 Å². The molecule has 0 bridgehead atoms. The molecule has 7 rings (SSSR count). The normalized spacial score (nSPS) is 23.5. The van der Waals surface area contributed by atoms with Gasteiger partial charge in [-0.25, -0.2) is 8.78 Å². The molecule has 0 heterocycles. The molecule has 0 saturated heterocycles. The van der Waals surface area contributed by atoms with Crippen molar-refractivity contribution in [2.75, 3.05) is 0 Å². The Morgan fingerprint density at radius 2 is 0.913 bits per heavy atom. The molecule has 4 nitrogen and oxygen atoms in total. The van der Waals surface area contributed by atoms with Crippen LogP contribution in [0.3, 0.4) is 0 Å². The van der Waals surface area contributed by atoms with Gasteiger partial charge in [0.05, 0.1) is 16.7 Å². The minimum absolute atomic E-state index is 0.0239. The lowest BCUT2D eigenvalue weighted by Gasteiger charge is -2.26. The Labute approximate surface area is 398 Å². The molecule has 4 aliphatic carbocycles. The summed E-state index contributed by atoms with van der Waals surface area (Å²) in [6.07, 6.45) is 6.14. The van der Waals surface area contributed by atoms with E-state index in [-0.39, 0.29) is 53.9 Å². The van der Waals surface area contributed by atoms with Crippen molar-refractivity contribution in [1.82, 2.24) is 10.6 Å². The summed E-state index contributed by atoms with van der Waals surface area (Å²) < 4.78 is 145. The fraction of sp³-hybridized carbons (Fsp3) is 0.556. The van der Waals surface area contributed by atoms with E-state index in [1.54, 1.807) is 0 Å². The second-order valence-corrected chi connectivity index (χ2v) is 19.9. The largest absolute Gasteiger partial charge is 0.416 e. The second-order valence-electron chi connectivity index (χ2n) is 19.9. The molecule has 2 N–H and O–H groups in total. The van der Waals surface area contributed by atoms with Gasteiger partial charge >= 0.3 is 18.5 Å². The number of halogens is 11. The number of hydrogen-bond donors (Lipinski definition) is 2. The number of amides is 2. The molecular formula is C54H63F11N2O2. The Morgan fingerprint density at radius 1 is 0.522 bits per heavy atom. The minimum Gasteiger partial charge on any atom is -0.352 e. The highest BCUT2D eigenvalue weighted by Gasteiger charge is 2.39. The third kappa shape index (κ3) is 16.2. The lowest BCUT2D eigenvalue weighted by atomic mass is 9.79. The minimum atomic E-state index is -4.90. The Balaban J connectivity index is 0.000000229. The Hall–Kier alpha value is -4.69. The first-order valence-electron chi connectivity index (χ1n) is 24.2.